The first kappa shape index (κ1) is 10.7. The third-order valence-electron chi connectivity index (χ3n) is 2.51. The molecule has 3 heteroatoms. The van der Waals surface area contributed by atoms with Gasteiger partial charge >= 0.3 is 0 Å². The smallest absolute Gasteiger partial charge is 0.0465 e. The minimum absolute atomic E-state index is 0.332. The van der Waals surface area contributed by atoms with Gasteiger partial charge in [0, 0.05) is 16.2 Å². The molecule has 1 heterocycles. The zero-order valence-corrected chi connectivity index (χ0v) is 10.1. The van der Waals surface area contributed by atoms with E-state index in [1.165, 1.54) is 11.3 Å². The summed E-state index contributed by atoms with van der Waals surface area (Å²) in [6, 6.07) is 8.07. The van der Waals surface area contributed by atoms with Crippen molar-refractivity contribution in [3.05, 3.63) is 34.9 Å². The van der Waals surface area contributed by atoms with Gasteiger partial charge in [0.15, 0.2) is 0 Å². The number of alkyl halides is 1. The van der Waals surface area contributed by atoms with Crippen LogP contribution in [0.3, 0.4) is 0 Å². The number of hydrogen-bond acceptors (Lipinski definition) is 1. The Morgan fingerprint density at radius 2 is 2.21 bits per heavy atom. The summed E-state index contributed by atoms with van der Waals surface area (Å²) >= 11 is 14.1. The zero-order chi connectivity index (χ0) is 9.97. The third-order valence-corrected chi connectivity index (χ3v) is 4.69. The second kappa shape index (κ2) is 4.78. The molecule has 0 N–H and O–H groups in total. The molecule has 0 bridgehead atoms. The van der Waals surface area contributed by atoms with Crippen LogP contribution < -0.4 is 0 Å². The third kappa shape index (κ3) is 2.59. The van der Waals surface area contributed by atoms with E-state index in [1.807, 2.05) is 30.0 Å². The molecule has 76 valence electrons. The minimum Gasteiger partial charge on any atom is -0.160 e. The van der Waals surface area contributed by atoms with Crippen molar-refractivity contribution in [1.29, 1.82) is 0 Å². The minimum atomic E-state index is 0.332. The van der Waals surface area contributed by atoms with Crippen LogP contribution in [-0.4, -0.2) is 16.9 Å². The van der Waals surface area contributed by atoms with Crippen molar-refractivity contribution in [3.63, 3.8) is 0 Å². The van der Waals surface area contributed by atoms with Gasteiger partial charge in [0.2, 0.25) is 0 Å². The molecule has 2 unspecified atom stereocenters. The van der Waals surface area contributed by atoms with E-state index in [-0.39, 0.29) is 0 Å². The van der Waals surface area contributed by atoms with Crippen LogP contribution in [0, 0.1) is 5.92 Å². The van der Waals surface area contributed by atoms with Crippen molar-refractivity contribution in [3.8, 4) is 0 Å². The maximum atomic E-state index is 6.21. The largest absolute Gasteiger partial charge is 0.160 e. The van der Waals surface area contributed by atoms with Crippen LogP contribution in [-0.2, 0) is 6.42 Å². The molecule has 1 aliphatic heterocycles. The van der Waals surface area contributed by atoms with E-state index in [0.717, 1.165) is 17.2 Å². The number of halogens is 2. The van der Waals surface area contributed by atoms with E-state index < -0.39 is 0 Å². The van der Waals surface area contributed by atoms with Gasteiger partial charge in [-0.15, -0.1) is 11.6 Å². The van der Waals surface area contributed by atoms with Crippen LogP contribution in [0.1, 0.15) is 5.56 Å². The fourth-order valence-electron chi connectivity index (χ4n) is 1.73. The molecule has 1 aliphatic rings. The molecular weight excluding hydrogens is 235 g/mol. The highest BCUT2D eigenvalue weighted by molar-refractivity contribution is 7.99. The van der Waals surface area contributed by atoms with E-state index in [9.17, 15) is 0 Å². The van der Waals surface area contributed by atoms with Crippen LogP contribution in [0.15, 0.2) is 24.3 Å². The van der Waals surface area contributed by atoms with Gasteiger partial charge in [-0.2, -0.15) is 11.8 Å². The topological polar surface area (TPSA) is 0 Å². The van der Waals surface area contributed by atoms with Crippen LogP contribution in [0.2, 0.25) is 5.02 Å². The predicted octanol–water partition coefficient (Wildman–Crippen LogP) is 3.85. The van der Waals surface area contributed by atoms with E-state index in [0.29, 0.717) is 11.3 Å². The lowest BCUT2D eigenvalue weighted by atomic mass is 9.99. The molecule has 0 spiro atoms. The molecule has 0 nitrogen and oxygen atoms in total. The lowest BCUT2D eigenvalue weighted by molar-refractivity contribution is 0.603. The highest BCUT2D eigenvalue weighted by Gasteiger charge is 2.25. The van der Waals surface area contributed by atoms with Crippen molar-refractivity contribution in [1.82, 2.24) is 0 Å². The van der Waals surface area contributed by atoms with Gasteiger partial charge in [-0.25, -0.2) is 0 Å². The second-order valence-corrected chi connectivity index (χ2v) is 5.72. The fourth-order valence-corrected chi connectivity index (χ4v) is 3.78. The number of rotatable bonds is 2. The molecule has 0 aliphatic carbocycles. The van der Waals surface area contributed by atoms with E-state index in [1.54, 1.807) is 0 Å². The highest BCUT2D eigenvalue weighted by atomic mass is 35.5. The van der Waals surface area contributed by atoms with Crippen molar-refractivity contribution >= 4 is 35.0 Å². The summed E-state index contributed by atoms with van der Waals surface area (Å²) in [6.07, 6.45) is 1.06. The maximum Gasteiger partial charge on any atom is 0.0465 e. The van der Waals surface area contributed by atoms with Crippen LogP contribution in [0.25, 0.3) is 0 Å². The molecule has 1 fully saturated rings. The first-order valence-electron chi connectivity index (χ1n) is 4.72. The van der Waals surface area contributed by atoms with Crippen LogP contribution in [0.4, 0.5) is 0 Å². The molecular formula is C11H12Cl2S. The standard InChI is InChI=1S/C11H12Cl2S/c12-10-3-1-2-8(5-10)4-9-6-14-7-11(9)13/h1-3,5,9,11H,4,6-7H2. The normalized spacial score (nSPS) is 26.7. The van der Waals surface area contributed by atoms with E-state index >= 15 is 0 Å². The van der Waals surface area contributed by atoms with Crippen LogP contribution in [0.5, 0.6) is 0 Å². The summed E-state index contributed by atoms with van der Waals surface area (Å²) in [5, 5.41) is 1.15. The molecule has 1 aromatic carbocycles. The van der Waals surface area contributed by atoms with Gasteiger partial charge in [0.25, 0.3) is 0 Å². The van der Waals surface area contributed by atoms with Gasteiger partial charge < -0.3 is 0 Å². The van der Waals surface area contributed by atoms with Gasteiger partial charge in [0.05, 0.1) is 0 Å². The molecule has 2 atom stereocenters. The molecule has 1 aromatic rings. The molecule has 14 heavy (non-hydrogen) atoms. The zero-order valence-electron chi connectivity index (χ0n) is 7.75. The molecule has 0 radical (unpaired) electrons. The Labute approximate surface area is 99.0 Å². The summed E-state index contributed by atoms with van der Waals surface area (Å²) in [7, 11) is 0. The average Bonchev–Trinajstić information content (AvgIpc) is 2.52. The Morgan fingerprint density at radius 3 is 2.86 bits per heavy atom. The van der Waals surface area contributed by atoms with Gasteiger partial charge in [-0.3, -0.25) is 0 Å². The van der Waals surface area contributed by atoms with Crippen molar-refractivity contribution in [2.75, 3.05) is 11.5 Å². The second-order valence-electron chi connectivity index (χ2n) is 3.65. The monoisotopic (exact) mass is 246 g/mol. The maximum absolute atomic E-state index is 6.21. The molecule has 0 amide bonds. The van der Waals surface area contributed by atoms with E-state index in [4.69, 9.17) is 23.2 Å². The molecule has 2 rings (SSSR count). The summed E-state index contributed by atoms with van der Waals surface area (Å²) in [5.41, 5.74) is 1.30. The first-order valence-corrected chi connectivity index (χ1v) is 6.69. The SMILES string of the molecule is Clc1cccc(CC2CSCC2Cl)c1. The Bertz CT molecular complexity index is 314. The lowest BCUT2D eigenvalue weighted by Crippen LogP contribution is -2.14. The Kier molecular flexibility index (Phi) is 3.64. The Balaban J connectivity index is 2.03. The van der Waals surface area contributed by atoms with Crippen LogP contribution >= 0.6 is 35.0 Å². The Morgan fingerprint density at radius 1 is 1.36 bits per heavy atom. The first-order chi connectivity index (χ1) is 6.75. The summed E-state index contributed by atoms with van der Waals surface area (Å²) in [6.45, 7) is 0. The summed E-state index contributed by atoms with van der Waals surface area (Å²) in [4.78, 5) is 0. The average molecular weight is 247 g/mol. The Hall–Kier alpha value is 0.150. The van der Waals surface area contributed by atoms with Crippen molar-refractivity contribution in [2.24, 2.45) is 5.92 Å². The van der Waals surface area contributed by atoms with E-state index in [2.05, 4.69) is 6.07 Å². The lowest BCUT2D eigenvalue weighted by Gasteiger charge is -2.12. The van der Waals surface area contributed by atoms with Gasteiger partial charge in [-0.1, -0.05) is 23.7 Å². The number of hydrogen-bond donors (Lipinski definition) is 0. The van der Waals surface area contributed by atoms with Gasteiger partial charge in [-0.05, 0) is 35.8 Å². The highest BCUT2D eigenvalue weighted by Crippen LogP contribution is 2.31. The molecule has 0 saturated carbocycles. The fraction of sp³-hybridized carbons (Fsp3) is 0.455. The molecule has 0 aromatic heterocycles. The van der Waals surface area contributed by atoms with Gasteiger partial charge in [0.1, 0.15) is 0 Å². The molecule has 1 saturated heterocycles. The quantitative estimate of drug-likeness (QED) is 0.715. The number of thioether (sulfide) groups is 1. The predicted molar refractivity (Wildman–Crippen MR) is 65.6 cm³/mol. The van der Waals surface area contributed by atoms with Crippen molar-refractivity contribution in [2.45, 2.75) is 11.8 Å². The number of benzene rings is 1. The summed E-state index contributed by atoms with van der Waals surface area (Å²) < 4.78 is 0. The van der Waals surface area contributed by atoms with Crippen molar-refractivity contribution < 1.29 is 0 Å². The summed E-state index contributed by atoms with van der Waals surface area (Å²) in [5.74, 6) is 2.88.